The van der Waals surface area contributed by atoms with Crippen molar-refractivity contribution in [2.75, 3.05) is 0 Å². The van der Waals surface area contributed by atoms with Gasteiger partial charge in [-0.2, -0.15) is 23.5 Å². The van der Waals surface area contributed by atoms with E-state index >= 15 is 0 Å². The van der Waals surface area contributed by atoms with Gasteiger partial charge in [-0.25, -0.2) is 0 Å². The first kappa shape index (κ1) is 12.2. The average molecular weight is 251 g/mol. The molecule has 6 heteroatoms. The molecule has 0 amide bonds. The summed E-state index contributed by atoms with van der Waals surface area (Å²) in [7, 11) is 1.66. The maximum Gasteiger partial charge on any atom is 0.416 e. The van der Waals surface area contributed by atoms with Crippen molar-refractivity contribution in [1.29, 1.82) is 5.26 Å². The molecule has 18 heavy (non-hydrogen) atoms. The van der Waals surface area contributed by atoms with Crippen LogP contribution in [0.15, 0.2) is 30.6 Å². The zero-order valence-corrected chi connectivity index (χ0v) is 9.36. The SMILES string of the molecule is Cn1cc(-c2cc(C(F)(F)F)ccc2C#N)cn1. The van der Waals surface area contributed by atoms with Gasteiger partial charge in [-0.3, -0.25) is 4.68 Å². The zero-order chi connectivity index (χ0) is 13.3. The minimum atomic E-state index is -4.43. The number of aryl methyl sites for hydroxylation is 1. The Kier molecular flexibility index (Phi) is 2.83. The number of alkyl halides is 3. The van der Waals surface area contributed by atoms with E-state index in [-0.39, 0.29) is 11.1 Å². The van der Waals surface area contributed by atoms with E-state index in [4.69, 9.17) is 5.26 Å². The fourth-order valence-electron chi connectivity index (χ4n) is 1.62. The third-order valence-corrected chi connectivity index (χ3v) is 2.48. The highest BCUT2D eigenvalue weighted by atomic mass is 19.4. The lowest BCUT2D eigenvalue weighted by Crippen LogP contribution is -2.05. The molecule has 0 aliphatic carbocycles. The summed E-state index contributed by atoms with van der Waals surface area (Å²) in [5, 5.41) is 12.8. The maximum absolute atomic E-state index is 12.6. The van der Waals surface area contributed by atoms with Gasteiger partial charge in [0.1, 0.15) is 0 Å². The molecule has 1 aromatic heterocycles. The largest absolute Gasteiger partial charge is 0.416 e. The van der Waals surface area contributed by atoms with E-state index in [1.165, 1.54) is 16.9 Å². The van der Waals surface area contributed by atoms with Crippen molar-refractivity contribution in [3.63, 3.8) is 0 Å². The molecule has 2 aromatic rings. The first-order chi connectivity index (χ1) is 8.41. The Bertz CT molecular complexity index is 620. The van der Waals surface area contributed by atoms with Crippen LogP contribution in [0.5, 0.6) is 0 Å². The Balaban J connectivity index is 2.61. The van der Waals surface area contributed by atoms with Crippen LogP contribution in [-0.4, -0.2) is 9.78 Å². The Hall–Kier alpha value is -2.29. The van der Waals surface area contributed by atoms with E-state index in [0.29, 0.717) is 5.56 Å². The highest BCUT2D eigenvalue weighted by molar-refractivity contribution is 5.70. The van der Waals surface area contributed by atoms with Gasteiger partial charge in [0, 0.05) is 24.4 Å². The molecular formula is C12H8F3N3. The van der Waals surface area contributed by atoms with Gasteiger partial charge in [0.15, 0.2) is 0 Å². The molecule has 0 aliphatic rings. The Morgan fingerprint density at radius 3 is 2.56 bits per heavy atom. The second-order valence-corrected chi connectivity index (χ2v) is 3.77. The Morgan fingerprint density at radius 1 is 1.33 bits per heavy atom. The molecule has 0 atom stereocenters. The molecule has 3 nitrogen and oxygen atoms in total. The van der Waals surface area contributed by atoms with Crippen LogP contribution in [0, 0.1) is 11.3 Å². The molecule has 0 spiro atoms. The highest BCUT2D eigenvalue weighted by Crippen LogP contribution is 2.33. The smallest absolute Gasteiger partial charge is 0.275 e. The predicted molar refractivity (Wildman–Crippen MR) is 58.4 cm³/mol. The summed E-state index contributed by atoms with van der Waals surface area (Å²) >= 11 is 0. The van der Waals surface area contributed by atoms with Gasteiger partial charge in [0.05, 0.1) is 23.4 Å². The minimum absolute atomic E-state index is 0.191. The molecule has 0 saturated carbocycles. The lowest BCUT2D eigenvalue weighted by Gasteiger charge is -2.09. The van der Waals surface area contributed by atoms with Crippen molar-refractivity contribution in [2.24, 2.45) is 7.05 Å². The van der Waals surface area contributed by atoms with Crippen LogP contribution >= 0.6 is 0 Å². The van der Waals surface area contributed by atoms with Crippen molar-refractivity contribution >= 4 is 0 Å². The summed E-state index contributed by atoms with van der Waals surface area (Å²) in [5.74, 6) is 0. The summed E-state index contributed by atoms with van der Waals surface area (Å²) < 4.78 is 39.3. The van der Waals surface area contributed by atoms with Crippen LogP contribution in [0.4, 0.5) is 13.2 Å². The van der Waals surface area contributed by atoms with E-state index in [1.807, 2.05) is 6.07 Å². The highest BCUT2D eigenvalue weighted by Gasteiger charge is 2.31. The topological polar surface area (TPSA) is 41.6 Å². The summed E-state index contributed by atoms with van der Waals surface area (Å²) in [6.07, 6.45) is -1.43. The van der Waals surface area contributed by atoms with Crippen molar-refractivity contribution in [1.82, 2.24) is 9.78 Å². The van der Waals surface area contributed by atoms with Gasteiger partial charge in [-0.05, 0) is 18.2 Å². The summed E-state index contributed by atoms with van der Waals surface area (Å²) in [5.41, 5.74) is 0.136. The number of benzene rings is 1. The monoisotopic (exact) mass is 251 g/mol. The quantitative estimate of drug-likeness (QED) is 0.781. The van der Waals surface area contributed by atoms with E-state index in [0.717, 1.165) is 12.1 Å². The van der Waals surface area contributed by atoms with Crippen molar-refractivity contribution < 1.29 is 13.2 Å². The third-order valence-electron chi connectivity index (χ3n) is 2.48. The van der Waals surface area contributed by atoms with Crippen LogP contribution < -0.4 is 0 Å². The summed E-state index contributed by atoms with van der Waals surface area (Å²) in [4.78, 5) is 0. The number of rotatable bonds is 1. The molecule has 0 radical (unpaired) electrons. The van der Waals surface area contributed by atoms with Crippen LogP contribution in [0.3, 0.4) is 0 Å². The molecule has 0 fully saturated rings. The van der Waals surface area contributed by atoms with Gasteiger partial charge >= 0.3 is 6.18 Å². The number of aromatic nitrogens is 2. The number of hydrogen-bond donors (Lipinski definition) is 0. The van der Waals surface area contributed by atoms with Crippen LogP contribution in [-0.2, 0) is 13.2 Å². The molecule has 0 aliphatic heterocycles. The van der Waals surface area contributed by atoms with Crippen LogP contribution in [0.1, 0.15) is 11.1 Å². The summed E-state index contributed by atoms with van der Waals surface area (Å²) in [6.45, 7) is 0. The molecule has 1 heterocycles. The second kappa shape index (κ2) is 4.18. The fourth-order valence-corrected chi connectivity index (χ4v) is 1.62. The van der Waals surface area contributed by atoms with Crippen LogP contribution in [0.2, 0.25) is 0 Å². The number of nitriles is 1. The molecule has 0 bridgehead atoms. The van der Waals surface area contributed by atoms with Gasteiger partial charge in [0.25, 0.3) is 0 Å². The van der Waals surface area contributed by atoms with E-state index < -0.39 is 11.7 Å². The molecule has 1 aromatic carbocycles. The molecule has 92 valence electrons. The van der Waals surface area contributed by atoms with Crippen molar-refractivity contribution in [2.45, 2.75) is 6.18 Å². The zero-order valence-electron chi connectivity index (χ0n) is 9.36. The molecule has 2 rings (SSSR count). The first-order valence-electron chi connectivity index (χ1n) is 5.02. The second-order valence-electron chi connectivity index (χ2n) is 3.77. The minimum Gasteiger partial charge on any atom is -0.275 e. The maximum atomic E-state index is 12.6. The lowest BCUT2D eigenvalue weighted by atomic mass is 10.00. The number of nitrogens with zero attached hydrogens (tertiary/aromatic N) is 3. The van der Waals surface area contributed by atoms with E-state index in [1.54, 1.807) is 13.2 Å². The van der Waals surface area contributed by atoms with Gasteiger partial charge in [0.2, 0.25) is 0 Å². The van der Waals surface area contributed by atoms with Gasteiger partial charge < -0.3 is 0 Å². The average Bonchev–Trinajstić information content (AvgIpc) is 2.73. The predicted octanol–water partition coefficient (Wildman–Crippen LogP) is 2.98. The molecule has 0 saturated heterocycles. The normalized spacial score (nSPS) is 11.3. The lowest BCUT2D eigenvalue weighted by molar-refractivity contribution is -0.137. The molecular weight excluding hydrogens is 243 g/mol. The van der Waals surface area contributed by atoms with Crippen molar-refractivity contribution in [3.05, 3.63) is 41.7 Å². The van der Waals surface area contributed by atoms with E-state index in [9.17, 15) is 13.2 Å². The Morgan fingerprint density at radius 2 is 2.06 bits per heavy atom. The Labute approximate surface area is 101 Å². The van der Waals surface area contributed by atoms with Gasteiger partial charge in [-0.1, -0.05) is 0 Å². The number of hydrogen-bond acceptors (Lipinski definition) is 2. The third kappa shape index (κ3) is 2.20. The number of halogens is 3. The standard InChI is InChI=1S/C12H8F3N3/c1-18-7-9(6-17-18)11-4-10(12(13,14)15)3-2-8(11)5-16/h2-4,6-7H,1H3. The molecule has 0 unspecified atom stereocenters. The van der Waals surface area contributed by atoms with Crippen molar-refractivity contribution in [3.8, 4) is 17.2 Å². The fraction of sp³-hybridized carbons (Fsp3) is 0.167. The van der Waals surface area contributed by atoms with Crippen LogP contribution in [0.25, 0.3) is 11.1 Å². The van der Waals surface area contributed by atoms with Gasteiger partial charge in [-0.15, -0.1) is 0 Å². The van der Waals surface area contributed by atoms with E-state index in [2.05, 4.69) is 5.10 Å². The first-order valence-corrected chi connectivity index (χ1v) is 5.02. The molecule has 0 N–H and O–H groups in total. The summed E-state index contributed by atoms with van der Waals surface area (Å²) in [6, 6.07) is 4.92.